The summed E-state index contributed by atoms with van der Waals surface area (Å²) in [7, 11) is 0. The topological polar surface area (TPSA) is 28.2 Å². The van der Waals surface area contributed by atoms with Gasteiger partial charge >= 0.3 is 0 Å². The van der Waals surface area contributed by atoms with E-state index in [9.17, 15) is 0 Å². The van der Waals surface area contributed by atoms with Gasteiger partial charge in [0, 0.05) is 31.4 Å². The minimum Gasteiger partial charge on any atom is -0.354 e. The number of aromatic nitrogens is 1. The molecule has 1 N–H and O–H groups in total. The Hall–Kier alpha value is -1.09. The Morgan fingerprint density at radius 1 is 1.15 bits per heavy atom. The van der Waals surface area contributed by atoms with E-state index < -0.39 is 0 Å². The molecule has 3 heteroatoms. The summed E-state index contributed by atoms with van der Waals surface area (Å²) >= 11 is 0. The van der Waals surface area contributed by atoms with Crippen LogP contribution in [0, 0.1) is 0 Å². The molecule has 0 atom stereocenters. The Kier molecular flexibility index (Phi) is 4.56. The van der Waals surface area contributed by atoms with Crippen molar-refractivity contribution in [3.05, 3.63) is 23.9 Å². The van der Waals surface area contributed by atoms with E-state index in [0.717, 1.165) is 24.9 Å². The van der Waals surface area contributed by atoms with E-state index in [-0.39, 0.29) is 0 Å². The molecule has 1 aromatic heterocycles. The molecule has 0 unspecified atom stereocenters. The molecule has 0 aromatic carbocycles. The highest BCUT2D eigenvalue weighted by molar-refractivity contribution is 5.40. The van der Waals surface area contributed by atoms with Crippen LogP contribution in [0.5, 0.6) is 0 Å². The van der Waals surface area contributed by atoms with Gasteiger partial charge in [-0.25, -0.2) is 4.98 Å². The van der Waals surface area contributed by atoms with Crippen LogP contribution < -0.4 is 10.2 Å². The van der Waals surface area contributed by atoms with Crippen molar-refractivity contribution in [3.8, 4) is 0 Å². The third-order valence-corrected chi connectivity index (χ3v) is 4.63. The Balaban J connectivity index is 1.61. The van der Waals surface area contributed by atoms with Crippen LogP contribution in [0.3, 0.4) is 0 Å². The van der Waals surface area contributed by atoms with Crippen molar-refractivity contribution in [2.24, 2.45) is 0 Å². The molecule has 0 spiro atoms. The fourth-order valence-electron chi connectivity index (χ4n) is 3.24. The van der Waals surface area contributed by atoms with Crippen LogP contribution in [-0.2, 0) is 6.54 Å². The van der Waals surface area contributed by atoms with Crippen LogP contribution >= 0.6 is 0 Å². The van der Waals surface area contributed by atoms with Crippen molar-refractivity contribution in [3.63, 3.8) is 0 Å². The van der Waals surface area contributed by atoms with E-state index in [1.807, 2.05) is 0 Å². The van der Waals surface area contributed by atoms with Crippen molar-refractivity contribution >= 4 is 5.82 Å². The van der Waals surface area contributed by atoms with Crippen LogP contribution in [-0.4, -0.2) is 23.6 Å². The number of hydrogen-bond donors (Lipinski definition) is 1. The van der Waals surface area contributed by atoms with Gasteiger partial charge in [0.25, 0.3) is 0 Å². The Morgan fingerprint density at radius 3 is 2.55 bits per heavy atom. The molecule has 1 heterocycles. The molecule has 3 rings (SSSR count). The second kappa shape index (κ2) is 6.57. The van der Waals surface area contributed by atoms with E-state index in [2.05, 4.69) is 35.5 Å². The molecule has 0 bridgehead atoms. The van der Waals surface area contributed by atoms with Gasteiger partial charge in [0.1, 0.15) is 5.82 Å². The molecule has 0 radical (unpaired) electrons. The smallest absolute Gasteiger partial charge is 0.128 e. The maximum Gasteiger partial charge on any atom is 0.128 e. The SMILES string of the molecule is CCN(c1ccc(CNC2CC2)cn1)C1CCCCC1. The van der Waals surface area contributed by atoms with Crippen LogP contribution in [0.15, 0.2) is 18.3 Å². The summed E-state index contributed by atoms with van der Waals surface area (Å²) < 4.78 is 0. The first kappa shape index (κ1) is 13.9. The monoisotopic (exact) mass is 273 g/mol. The summed E-state index contributed by atoms with van der Waals surface area (Å²) in [4.78, 5) is 7.21. The maximum atomic E-state index is 4.71. The molecule has 2 aliphatic carbocycles. The zero-order valence-corrected chi connectivity index (χ0v) is 12.6. The summed E-state index contributed by atoms with van der Waals surface area (Å²) in [5, 5.41) is 3.55. The normalized spacial score (nSPS) is 20.1. The Bertz CT molecular complexity index is 405. The van der Waals surface area contributed by atoms with Crippen molar-refractivity contribution in [1.29, 1.82) is 0 Å². The van der Waals surface area contributed by atoms with E-state index in [1.165, 1.54) is 50.5 Å². The van der Waals surface area contributed by atoms with E-state index in [4.69, 9.17) is 4.98 Å². The van der Waals surface area contributed by atoms with E-state index >= 15 is 0 Å². The number of nitrogens with one attached hydrogen (secondary N) is 1. The molecule has 1 aromatic rings. The first-order chi connectivity index (χ1) is 9.86. The molecular weight excluding hydrogens is 246 g/mol. The molecule has 0 amide bonds. The summed E-state index contributed by atoms with van der Waals surface area (Å²) in [6.07, 6.45) is 11.6. The van der Waals surface area contributed by atoms with E-state index in [1.54, 1.807) is 0 Å². The average Bonchev–Trinajstić information content (AvgIpc) is 3.33. The van der Waals surface area contributed by atoms with Crippen molar-refractivity contribution < 1.29 is 0 Å². The molecule has 3 nitrogen and oxygen atoms in total. The first-order valence-electron chi connectivity index (χ1n) is 8.32. The lowest BCUT2D eigenvalue weighted by molar-refractivity contribution is 0.416. The second-order valence-electron chi connectivity index (χ2n) is 6.26. The lowest BCUT2D eigenvalue weighted by Crippen LogP contribution is -2.37. The largest absolute Gasteiger partial charge is 0.354 e. The second-order valence-corrected chi connectivity index (χ2v) is 6.26. The fraction of sp³-hybridized carbons (Fsp3) is 0.706. The van der Waals surface area contributed by atoms with Gasteiger partial charge in [-0.05, 0) is 44.2 Å². The quantitative estimate of drug-likeness (QED) is 0.860. The lowest BCUT2D eigenvalue weighted by atomic mass is 9.94. The summed E-state index contributed by atoms with van der Waals surface area (Å²) in [5.74, 6) is 1.16. The molecule has 110 valence electrons. The first-order valence-corrected chi connectivity index (χ1v) is 8.32. The molecule has 2 aliphatic rings. The van der Waals surface area contributed by atoms with Gasteiger partial charge in [-0.1, -0.05) is 25.3 Å². The van der Waals surface area contributed by atoms with Crippen molar-refractivity contribution in [1.82, 2.24) is 10.3 Å². The zero-order valence-electron chi connectivity index (χ0n) is 12.6. The van der Waals surface area contributed by atoms with Crippen LogP contribution in [0.1, 0.15) is 57.4 Å². The number of pyridine rings is 1. The third-order valence-electron chi connectivity index (χ3n) is 4.63. The van der Waals surface area contributed by atoms with Crippen LogP contribution in [0.25, 0.3) is 0 Å². The van der Waals surface area contributed by atoms with Gasteiger partial charge in [0.2, 0.25) is 0 Å². The highest BCUT2D eigenvalue weighted by Crippen LogP contribution is 2.26. The molecule has 20 heavy (non-hydrogen) atoms. The summed E-state index contributed by atoms with van der Waals surface area (Å²) in [6.45, 7) is 4.28. The predicted octanol–water partition coefficient (Wildman–Crippen LogP) is 3.49. The van der Waals surface area contributed by atoms with Gasteiger partial charge in [0.05, 0.1) is 0 Å². The van der Waals surface area contributed by atoms with Crippen LogP contribution in [0.4, 0.5) is 5.82 Å². The number of hydrogen-bond acceptors (Lipinski definition) is 3. The number of anilines is 1. The van der Waals surface area contributed by atoms with Gasteiger partial charge < -0.3 is 10.2 Å². The third kappa shape index (κ3) is 3.51. The predicted molar refractivity (Wildman–Crippen MR) is 84.0 cm³/mol. The Labute approximate surface area is 122 Å². The van der Waals surface area contributed by atoms with Gasteiger partial charge in [0.15, 0.2) is 0 Å². The van der Waals surface area contributed by atoms with Crippen LogP contribution in [0.2, 0.25) is 0 Å². The lowest BCUT2D eigenvalue weighted by Gasteiger charge is -2.34. The Morgan fingerprint density at radius 2 is 1.95 bits per heavy atom. The van der Waals surface area contributed by atoms with Gasteiger partial charge in [-0.15, -0.1) is 0 Å². The van der Waals surface area contributed by atoms with Crippen molar-refractivity contribution in [2.75, 3.05) is 11.4 Å². The molecule has 0 saturated heterocycles. The van der Waals surface area contributed by atoms with Crippen molar-refractivity contribution in [2.45, 2.75) is 70.5 Å². The molecular formula is C17H27N3. The standard InChI is InChI=1S/C17H27N3/c1-2-20(16-6-4-3-5-7-16)17-11-8-14(13-19-17)12-18-15-9-10-15/h8,11,13,15-16,18H,2-7,9-10,12H2,1H3. The summed E-state index contributed by atoms with van der Waals surface area (Å²) in [6, 6.07) is 5.92. The van der Waals surface area contributed by atoms with Gasteiger partial charge in [-0.3, -0.25) is 0 Å². The average molecular weight is 273 g/mol. The minimum atomic E-state index is 0.705. The molecule has 2 fully saturated rings. The van der Waals surface area contributed by atoms with Gasteiger partial charge in [-0.2, -0.15) is 0 Å². The minimum absolute atomic E-state index is 0.705. The number of rotatable bonds is 6. The maximum absolute atomic E-state index is 4.71. The zero-order chi connectivity index (χ0) is 13.8. The number of nitrogens with zero attached hydrogens (tertiary/aromatic N) is 2. The fourth-order valence-corrected chi connectivity index (χ4v) is 3.24. The highest BCUT2D eigenvalue weighted by Gasteiger charge is 2.22. The molecule has 2 saturated carbocycles. The van der Waals surface area contributed by atoms with E-state index in [0.29, 0.717) is 6.04 Å². The summed E-state index contributed by atoms with van der Waals surface area (Å²) in [5.41, 5.74) is 1.31. The molecule has 0 aliphatic heterocycles. The highest BCUT2D eigenvalue weighted by atomic mass is 15.2.